The van der Waals surface area contributed by atoms with E-state index in [0.29, 0.717) is 10.8 Å². The van der Waals surface area contributed by atoms with Crippen LogP contribution in [0.15, 0.2) is 12.3 Å². The minimum Gasteiger partial charge on any atom is -0.396 e. The van der Waals surface area contributed by atoms with Gasteiger partial charge in [-0.2, -0.15) is 0 Å². The standard InChI is InChI=1S/C5H6ClN3/c1-9-3-2-4(7)5(6)8-9/h2-3,7H,1H3/p+1. The van der Waals surface area contributed by atoms with Crippen molar-refractivity contribution >= 4 is 17.3 Å². The third-order valence-corrected chi connectivity index (χ3v) is 1.25. The van der Waals surface area contributed by atoms with E-state index in [4.69, 9.17) is 17.3 Å². The van der Waals surface area contributed by atoms with Gasteiger partial charge in [0.2, 0.25) is 5.15 Å². The van der Waals surface area contributed by atoms with Crippen molar-refractivity contribution in [3.8, 4) is 0 Å². The summed E-state index contributed by atoms with van der Waals surface area (Å²) in [6.45, 7) is 0. The van der Waals surface area contributed by atoms with Crippen LogP contribution in [-0.4, -0.2) is 5.10 Å². The highest BCUT2D eigenvalue weighted by atomic mass is 35.5. The molecule has 0 saturated heterocycles. The molecule has 0 aromatic carbocycles. The first-order valence-electron chi connectivity index (χ1n) is 2.48. The van der Waals surface area contributed by atoms with Crippen molar-refractivity contribution < 1.29 is 4.68 Å². The molecule has 0 spiro atoms. The van der Waals surface area contributed by atoms with Crippen LogP contribution in [0, 0.1) is 0 Å². The maximum atomic E-state index is 5.56. The minimum absolute atomic E-state index is 0.347. The normalized spacial score (nSPS) is 9.56. The molecule has 0 fully saturated rings. The van der Waals surface area contributed by atoms with Gasteiger partial charge in [0.15, 0.2) is 13.2 Å². The van der Waals surface area contributed by atoms with Gasteiger partial charge in [-0.15, -0.1) is 0 Å². The fourth-order valence-electron chi connectivity index (χ4n) is 0.486. The van der Waals surface area contributed by atoms with Crippen molar-refractivity contribution in [2.45, 2.75) is 0 Å². The lowest BCUT2D eigenvalue weighted by atomic mass is 10.5. The Bertz CT molecular complexity index is 223. The van der Waals surface area contributed by atoms with Gasteiger partial charge < -0.3 is 5.73 Å². The highest BCUT2D eigenvalue weighted by molar-refractivity contribution is 6.31. The van der Waals surface area contributed by atoms with Crippen molar-refractivity contribution in [1.29, 1.82) is 0 Å². The van der Waals surface area contributed by atoms with Gasteiger partial charge >= 0.3 is 0 Å². The first-order valence-corrected chi connectivity index (χ1v) is 2.86. The number of nitrogen functional groups attached to an aromatic ring is 1. The number of aryl methyl sites for hydroxylation is 1. The number of hydrogen-bond acceptors (Lipinski definition) is 2. The van der Waals surface area contributed by atoms with Crippen molar-refractivity contribution in [3.63, 3.8) is 0 Å². The maximum absolute atomic E-state index is 5.56. The van der Waals surface area contributed by atoms with Crippen LogP contribution < -0.4 is 10.4 Å². The molecule has 0 saturated carbocycles. The Kier molecular flexibility index (Phi) is 1.53. The molecule has 9 heavy (non-hydrogen) atoms. The van der Waals surface area contributed by atoms with Crippen LogP contribution in [0.1, 0.15) is 0 Å². The summed E-state index contributed by atoms with van der Waals surface area (Å²) in [6, 6.07) is 1.70. The Balaban J connectivity index is 3.17. The molecule has 1 aromatic heterocycles. The second-order valence-corrected chi connectivity index (χ2v) is 2.09. The van der Waals surface area contributed by atoms with Crippen molar-refractivity contribution in [2.75, 3.05) is 5.73 Å². The Hall–Kier alpha value is -0.830. The van der Waals surface area contributed by atoms with E-state index in [9.17, 15) is 0 Å². The number of nitrogens with two attached hydrogens (primary N) is 1. The number of rotatable bonds is 0. The fourth-order valence-corrected chi connectivity index (χ4v) is 0.669. The quantitative estimate of drug-likeness (QED) is 0.527. The van der Waals surface area contributed by atoms with Gasteiger partial charge in [-0.3, -0.25) is 0 Å². The zero-order valence-corrected chi connectivity index (χ0v) is 5.76. The molecule has 0 aliphatic carbocycles. The lowest BCUT2D eigenvalue weighted by Gasteiger charge is -1.89. The van der Waals surface area contributed by atoms with Crippen molar-refractivity contribution in [3.05, 3.63) is 17.4 Å². The smallest absolute Gasteiger partial charge is 0.219 e. The summed E-state index contributed by atoms with van der Waals surface area (Å²) in [6.07, 6.45) is 1.74. The largest absolute Gasteiger partial charge is 0.396 e. The Morgan fingerprint density at radius 3 is 2.89 bits per heavy atom. The molecule has 1 aromatic rings. The summed E-state index contributed by atoms with van der Waals surface area (Å²) in [7, 11) is 1.78. The number of hydrogen-bond donors (Lipinski definition) is 1. The zero-order valence-electron chi connectivity index (χ0n) is 5.00. The van der Waals surface area contributed by atoms with Gasteiger partial charge in [0.1, 0.15) is 0 Å². The van der Waals surface area contributed by atoms with Crippen LogP contribution in [0.5, 0.6) is 0 Å². The summed E-state index contributed by atoms with van der Waals surface area (Å²) in [5.41, 5.74) is 5.89. The zero-order chi connectivity index (χ0) is 6.85. The second-order valence-electron chi connectivity index (χ2n) is 1.74. The molecule has 0 unspecified atom stereocenters. The summed E-state index contributed by atoms with van der Waals surface area (Å²) >= 11 is 5.56. The molecule has 0 bridgehead atoms. The van der Waals surface area contributed by atoms with Gasteiger partial charge in [0.25, 0.3) is 0 Å². The lowest BCUT2D eigenvalue weighted by molar-refractivity contribution is -0.730. The van der Waals surface area contributed by atoms with E-state index in [0.717, 1.165) is 0 Å². The topological polar surface area (TPSA) is 42.8 Å². The van der Waals surface area contributed by atoms with Crippen LogP contribution in [0.25, 0.3) is 0 Å². The summed E-state index contributed by atoms with van der Waals surface area (Å²) < 4.78 is 1.60. The molecule has 3 nitrogen and oxygen atoms in total. The van der Waals surface area contributed by atoms with Crippen LogP contribution >= 0.6 is 11.6 Å². The Morgan fingerprint density at radius 1 is 1.78 bits per heavy atom. The molecule has 48 valence electrons. The van der Waals surface area contributed by atoms with Gasteiger partial charge in [-0.05, 0) is 0 Å². The summed E-state index contributed by atoms with van der Waals surface area (Å²) in [5.74, 6) is 0. The molecule has 1 heterocycles. The number of aromatic nitrogens is 2. The predicted octanol–water partition coefficient (Wildman–Crippen LogP) is 0.142. The van der Waals surface area contributed by atoms with Crippen LogP contribution in [-0.2, 0) is 7.05 Å². The predicted molar refractivity (Wildman–Crippen MR) is 34.8 cm³/mol. The Labute approximate surface area is 58.1 Å². The fraction of sp³-hybridized carbons (Fsp3) is 0.200. The molecular weight excluding hydrogens is 138 g/mol. The number of nitrogens with zero attached hydrogens (tertiary/aromatic N) is 2. The molecule has 0 atom stereocenters. The lowest BCUT2D eigenvalue weighted by Crippen LogP contribution is -2.32. The molecule has 0 radical (unpaired) electrons. The van der Waals surface area contributed by atoms with E-state index in [2.05, 4.69) is 5.10 Å². The highest BCUT2D eigenvalue weighted by Gasteiger charge is 2.00. The van der Waals surface area contributed by atoms with Crippen molar-refractivity contribution in [1.82, 2.24) is 5.10 Å². The minimum atomic E-state index is 0.347. The number of halogens is 1. The average Bonchev–Trinajstić information content (AvgIpc) is 1.80. The van der Waals surface area contributed by atoms with E-state index in [-0.39, 0.29) is 0 Å². The van der Waals surface area contributed by atoms with Gasteiger partial charge in [0.05, 0.1) is 5.69 Å². The molecular formula is C5H7ClN3+. The molecule has 4 heteroatoms. The molecule has 0 aliphatic rings. The average molecular weight is 145 g/mol. The van der Waals surface area contributed by atoms with Crippen LogP contribution in [0.3, 0.4) is 0 Å². The van der Waals surface area contributed by atoms with Gasteiger partial charge in [0, 0.05) is 11.2 Å². The SMILES string of the molecule is C[n+]1ccc(N)c(Cl)n1. The third kappa shape index (κ3) is 1.29. The van der Waals surface area contributed by atoms with Crippen LogP contribution in [0.2, 0.25) is 5.15 Å². The second kappa shape index (κ2) is 2.19. The van der Waals surface area contributed by atoms with E-state index in [1.807, 2.05) is 0 Å². The summed E-state index contributed by atoms with van der Waals surface area (Å²) in [4.78, 5) is 0. The van der Waals surface area contributed by atoms with Crippen molar-refractivity contribution in [2.24, 2.45) is 7.05 Å². The first kappa shape index (κ1) is 6.29. The van der Waals surface area contributed by atoms with E-state index in [1.54, 1.807) is 24.0 Å². The Morgan fingerprint density at radius 2 is 2.44 bits per heavy atom. The van der Waals surface area contributed by atoms with Gasteiger partial charge in [-0.1, -0.05) is 16.3 Å². The van der Waals surface area contributed by atoms with Gasteiger partial charge in [-0.25, -0.2) is 0 Å². The number of anilines is 1. The van der Waals surface area contributed by atoms with E-state index >= 15 is 0 Å². The first-order chi connectivity index (χ1) is 4.20. The summed E-state index contributed by atoms with van der Waals surface area (Å²) in [5, 5.41) is 4.18. The third-order valence-electron chi connectivity index (χ3n) is 0.954. The molecule has 0 aliphatic heterocycles. The molecule has 0 amide bonds. The maximum Gasteiger partial charge on any atom is 0.219 e. The highest BCUT2D eigenvalue weighted by Crippen LogP contribution is 2.09. The van der Waals surface area contributed by atoms with E-state index in [1.165, 1.54) is 0 Å². The van der Waals surface area contributed by atoms with Crippen LogP contribution in [0.4, 0.5) is 5.69 Å². The molecule has 1 rings (SSSR count). The molecule has 2 N–H and O–H groups in total. The van der Waals surface area contributed by atoms with E-state index < -0.39 is 0 Å². The monoisotopic (exact) mass is 144 g/mol.